The molecule has 2 aliphatic rings. The van der Waals surface area contributed by atoms with Gasteiger partial charge in [-0.2, -0.15) is 11.8 Å². The first-order valence-electron chi connectivity index (χ1n) is 8.36. The Morgan fingerprint density at radius 1 is 0.719 bits per heavy atom. The van der Waals surface area contributed by atoms with E-state index in [2.05, 4.69) is 47.5 Å². The van der Waals surface area contributed by atoms with Gasteiger partial charge in [0.05, 0.1) is 12.7 Å². The Kier molecular flexibility index (Phi) is 71.9. The number of methoxy groups -OCH3 is 1. The molecular formula is C18H31O4W5Y5-3. The summed E-state index contributed by atoms with van der Waals surface area (Å²) in [5.74, 6) is 1.83. The molecule has 2 saturated heterocycles. The molecule has 2 rings (SSSR count). The summed E-state index contributed by atoms with van der Waals surface area (Å²) in [6.07, 6.45) is 4.21. The van der Waals surface area contributed by atoms with Crippen molar-refractivity contribution in [2.75, 3.05) is 20.3 Å². The molecule has 5 radical (unpaired) electrons. The molecular weight excluding hydrogens is 1640 g/mol. The largest absolute Gasteiger partial charge is 0.436 e. The van der Waals surface area contributed by atoms with Gasteiger partial charge in [-0.05, 0) is 12.0 Å². The second-order valence-corrected chi connectivity index (χ2v) is 6.85. The Bertz CT molecular complexity index is 362. The molecule has 0 bridgehead atoms. The van der Waals surface area contributed by atoms with E-state index < -0.39 is 0 Å². The predicted octanol–water partition coefficient (Wildman–Crippen LogP) is 2.90. The normalized spacial score (nSPS) is 32.1. The van der Waals surface area contributed by atoms with Gasteiger partial charge in [-0.25, -0.2) is 0 Å². The second-order valence-electron chi connectivity index (χ2n) is 6.85. The molecule has 2 fully saturated rings. The predicted molar refractivity (Wildman–Crippen MR) is 85.8 cm³/mol. The van der Waals surface area contributed by atoms with E-state index in [4.69, 9.17) is 18.9 Å². The fourth-order valence-electron chi connectivity index (χ4n) is 3.07. The molecule has 0 spiro atoms. The molecule has 14 heteroatoms. The van der Waals surface area contributed by atoms with Crippen LogP contribution < -0.4 is 0 Å². The van der Waals surface area contributed by atoms with E-state index in [1.165, 1.54) is 0 Å². The molecule has 8 atom stereocenters. The first-order valence-corrected chi connectivity index (χ1v) is 8.36. The first kappa shape index (κ1) is 63.9. The number of hydrogen-bond acceptors (Lipinski definition) is 4. The quantitative estimate of drug-likeness (QED) is 0.398. The van der Waals surface area contributed by atoms with Crippen LogP contribution in [0.5, 0.6) is 0 Å². The van der Waals surface area contributed by atoms with Crippen LogP contribution in [0.1, 0.15) is 27.7 Å². The van der Waals surface area contributed by atoms with Gasteiger partial charge >= 0.3 is 0 Å². The minimum absolute atomic E-state index is 0. The van der Waals surface area contributed by atoms with Crippen molar-refractivity contribution in [2.24, 2.45) is 23.7 Å². The minimum atomic E-state index is -0.234. The second kappa shape index (κ2) is 36.0. The summed E-state index contributed by atoms with van der Waals surface area (Å²) in [7, 11) is 1.67. The molecule has 0 aliphatic carbocycles. The Morgan fingerprint density at radius 2 is 1.19 bits per heavy atom. The molecule has 175 valence electrons. The van der Waals surface area contributed by atoms with Gasteiger partial charge in [0, 0.05) is 289 Å². The van der Waals surface area contributed by atoms with Crippen molar-refractivity contribution in [1.29, 1.82) is 0 Å². The Balaban J connectivity index is -0.0000000756. The van der Waals surface area contributed by atoms with Crippen molar-refractivity contribution in [3.05, 3.63) is 19.8 Å². The monoisotopic (exact) mass is 1680 g/mol. The molecule has 0 aromatic heterocycles. The van der Waals surface area contributed by atoms with Crippen molar-refractivity contribution >= 4 is 0 Å². The number of ether oxygens (including phenoxy) is 4. The Labute approximate surface area is 394 Å². The molecule has 0 aromatic carbocycles. The van der Waals surface area contributed by atoms with Crippen molar-refractivity contribution in [1.82, 2.24) is 0 Å². The van der Waals surface area contributed by atoms with Crippen LogP contribution in [-0.2, 0) is 288 Å². The van der Waals surface area contributed by atoms with E-state index in [0.29, 0.717) is 36.9 Å². The summed E-state index contributed by atoms with van der Waals surface area (Å²) in [5.41, 5.74) is 0. The molecule has 0 amide bonds. The van der Waals surface area contributed by atoms with E-state index in [1.54, 1.807) is 7.11 Å². The van der Waals surface area contributed by atoms with Gasteiger partial charge in [0.1, 0.15) is 0 Å². The first-order chi connectivity index (χ1) is 10.4. The SMILES string of the molecule is [CH2-]C1O[C@@H](COCC2O[C@@H](OC)[CH-][C@@H](C)[C@H]2C)[CH-][C@@H](C)[C@H]1C.[W].[W].[W].[W].[W].[Y].[Y].[Y].[Y].[Y]. The zero-order valence-corrected chi connectivity index (χ0v) is 48.3. The molecule has 2 unspecified atom stereocenters. The van der Waals surface area contributed by atoms with E-state index in [1.807, 2.05) is 0 Å². The van der Waals surface area contributed by atoms with Crippen LogP contribution in [-0.4, -0.2) is 44.9 Å². The van der Waals surface area contributed by atoms with Crippen molar-refractivity contribution in [2.45, 2.75) is 52.3 Å². The third-order valence-corrected chi connectivity index (χ3v) is 5.27. The topological polar surface area (TPSA) is 36.9 Å². The van der Waals surface area contributed by atoms with Crippen LogP contribution in [0.2, 0.25) is 0 Å². The maximum Gasteiger partial charge on any atom is 0.0809 e. The summed E-state index contributed by atoms with van der Waals surface area (Å²) in [4.78, 5) is 0. The average molecular weight is 1680 g/mol. The molecule has 4 nitrogen and oxygen atoms in total. The smallest absolute Gasteiger partial charge is 0.0809 e. The Morgan fingerprint density at radius 3 is 1.62 bits per heavy atom. The number of rotatable bonds is 5. The molecule has 32 heavy (non-hydrogen) atoms. The van der Waals surface area contributed by atoms with Gasteiger partial charge in [-0.1, -0.05) is 39.7 Å². The van der Waals surface area contributed by atoms with Crippen LogP contribution in [0.15, 0.2) is 0 Å². The summed E-state index contributed by atoms with van der Waals surface area (Å²) in [6, 6.07) is 0. The van der Waals surface area contributed by atoms with Crippen LogP contribution in [0.25, 0.3) is 0 Å². The zero-order valence-electron chi connectivity index (χ0n) is 19.5. The molecule has 0 N–H and O–H groups in total. The van der Waals surface area contributed by atoms with E-state index in [0.717, 1.165) is 0 Å². The third-order valence-electron chi connectivity index (χ3n) is 5.27. The molecule has 0 saturated carbocycles. The molecule has 0 aromatic rings. The zero-order chi connectivity index (χ0) is 16.3. The van der Waals surface area contributed by atoms with Gasteiger partial charge in [0.25, 0.3) is 0 Å². The standard InChI is InChI=1S/C18H31O4.5W.5Y/c1-11-7-16(21-15(5)13(11)3)9-20-10-17-14(4)12(2)8-18(19-6)22-17;;;;;;;;;;/h7-8,11-18H,5,9-10H2,1-4,6H3;;;;;;;;;;/q-3;;;;;;;;;;/t11-,12-,13-,14-,15?,16-,17?,18-;;;;;;;;;;/m1........../s1. The summed E-state index contributed by atoms with van der Waals surface area (Å²) >= 11 is 0. The van der Waals surface area contributed by atoms with Crippen LogP contribution >= 0.6 is 0 Å². The van der Waals surface area contributed by atoms with Gasteiger partial charge in [0.2, 0.25) is 0 Å². The van der Waals surface area contributed by atoms with Crippen molar-refractivity contribution < 1.29 is 288 Å². The summed E-state index contributed by atoms with van der Waals surface area (Å²) in [5, 5.41) is 0. The molecule has 2 aliphatic heterocycles. The average Bonchev–Trinajstić information content (AvgIpc) is 2.48. The maximum atomic E-state index is 5.90. The van der Waals surface area contributed by atoms with Crippen molar-refractivity contribution in [3.63, 3.8) is 0 Å². The van der Waals surface area contributed by atoms with E-state index >= 15 is 0 Å². The number of hydrogen-bond donors (Lipinski definition) is 0. The van der Waals surface area contributed by atoms with E-state index in [9.17, 15) is 0 Å². The van der Waals surface area contributed by atoms with E-state index in [-0.39, 0.29) is 293 Å². The fraction of sp³-hybridized carbons (Fsp3) is 0.833. The van der Waals surface area contributed by atoms with Gasteiger partial charge in [-0.15, -0.1) is 0 Å². The molecule has 2 heterocycles. The summed E-state index contributed by atoms with van der Waals surface area (Å²) in [6.45, 7) is 14.0. The van der Waals surface area contributed by atoms with Crippen LogP contribution in [0.3, 0.4) is 0 Å². The minimum Gasteiger partial charge on any atom is -0.436 e. The third kappa shape index (κ3) is 23.3. The van der Waals surface area contributed by atoms with Crippen molar-refractivity contribution in [3.8, 4) is 0 Å². The van der Waals surface area contributed by atoms with Gasteiger partial charge in [0.15, 0.2) is 0 Å². The van der Waals surface area contributed by atoms with Gasteiger partial charge < -0.3 is 25.9 Å². The summed E-state index contributed by atoms with van der Waals surface area (Å²) < 4.78 is 23.0. The van der Waals surface area contributed by atoms with Crippen LogP contribution in [0, 0.1) is 43.4 Å². The fourth-order valence-corrected chi connectivity index (χ4v) is 3.07. The van der Waals surface area contributed by atoms with Gasteiger partial charge in [-0.3, -0.25) is 12.8 Å². The van der Waals surface area contributed by atoms with Crippen LogP contribution in [0.4, 0.5) is 0 Å². The maximum absolute atomic E-state index is 5.90. The Hall–Kier alpha value is 8.80.